The van der Waals surface area contributed by atoms with Crippen molar-refractivity contribution in [1.82, 2.24) is 0 Å². The second-order valence-corrected chi connectivity index (χ2v) is 5.00. The molecule has 2 rings (SSSR count). The van der Waals surface area contributed by atoms with Gasteiger partial charge in [-0.2, -0.15) is 0 Å². The van der Waals surface area contributed by atoms with E-state index in [4.69, 9.17) is 0 Å². The quantitative estimate of drug-likeness (QED) is 0.806. The van der Waals surface area contributed by atoms with Crippen LogP contribution in [0.3, 0.4) is 0 Å². The van der Waals surface area contributed by atoms with Gasteiger partial charge in [-0.15, -0.1) is 0 Å². The Hall–Kier alpha value is -2.09. The molecule has 0 spiro atoms. The molecular weight excluding hydrogens is 258 g/mol. The number of anilines is 1. The summed E-state index contributed by atoms with van der Waals surface area (Å²) in [5, 5.41) is 2.97. The molecule has 0 aliphatic carbocycles. The van der Waals surface area contributed by atoms with Crippen LogP contribution in [0.25, 0.3) is 0 Å². The minimum absolute atomic E-state index is 0.0549. The van der Waals surface area contributed by atoms with Crippen molar-refractivity contribution >= 4 is 11.6 Å². The Morgan fingerprint density at radius 2 is 1.38 bits per heavy atom. The van der Waals surface area contributed by atoms with Gasteiger partial charge in [0, 0.05) is 11.3 Å². The summed E-state index contributed by atoms with van der Waals surface area (Å²) >= 11 is 0. The Balaban J connectivity index is 0.00000106. The van der Waals surface area contributed by atoms with Gasteiger partial charge >= 0.3 is 0 Å². The minimum atomic E-state index is -0.0549. The Bertz CT molecular complexity index is 606. The summed E-state index contributed by atoms with van der Waals surface area (Å²) in [6.07, 6.45) is 0. The van der Waals surface area contributed by atoms with Crippen LogP contribution < -0.4 is 5.32 Å². The molecule has 0 saturated carbocycles. The molecule has 0 aliphatic rings. The topological polar surface area (TPSA) is 29.1 Å². The molecule has 2 heteroatoms. The summed E-state index contributed by atoms with van der Waals surface area (Å²) < 4.78 is 0. The molecular formula is C19H25NO. The van der Waals surface area contributed by atoms with Gasteiger partial charge in [0.1, 0.15) is 0 Å². The third-order valence-electron chi connectivity index (χ3n) is 3.57. The van der Waals surface area contributed by atoms with E-state index in [0.717, 1.165) is 16.8 Å². The lowest BCUT2D eigenvalue weighted by atomic mass is 10.0. The van der Waals surface area contributed by atoms with E-state index >= 15 is 0 Å². The van der Waals surface area contributed by atoms with Crippen LogP contribution in [0.5, 0.6) is 0 Å². The summed E-state index contributed by atoms with van der Waals surface area (Å²) in [7, 11) is 0. The number of benzene rings is 2. The molecule has 0 aliphatic heterocycles. The normalized spacial score (nSPS) is 9.62. The minimum Gasteiger partial charge on any atom is -0.322 e. The van der Waals surface area contributed by atoms with E-state index in [1.807, 2.05) is 57.2 Å². The fourth-order valence-electron chi connectivity index (χ4n) is 2.13. The third-order valence-corrected chi connectivity index (χ3v) is 3.57. The smallest absolute Gasteiger partial charge is 0.255 e. The van der Waals surface area contributed by atoms with E-state index < -0.39 is 0 Å². The molecule has 0 radical (unpaired) electrons. The van der Waals surface area contributed by atoms with Crippen LogP contribution in [-0.4, -0.2) is 5.91 Å². The molecule has 1 amide bonds. The van der Waals surface area contributed by atoms with E-state index in [2.05, 4.69) is 26.1 Å². The summed E-state index contributed by atoms with van der Waals surface area (Å²) in [5.74, 6) is -0.0549. The molecule has 2 aromatic carbocycles. The highest BCUT2D eigenvalue weighted by molar-refractivity contribution is 6.05. The van der Waals surface area contributed by atoms with E-state index in [1.54, 1.807) is 0 Å². The van der Waals surface area contributed by atoms with E-state index in [1.165, 1.54) is 16.7 Å². The van der Waals surface area contributed by atoms with Crippen LogP contribution in [0.15, 0.2) is 36.4 Å². The van der Waals surface area contributed by atoms with Crippen LogP contribution in [0.4, 0.5) is 5.69 Å². The lowest BCUT2D eigenvalue weighted by Crippen LogP contribution is -2.13. The van der Waals surface area contributed by atoms with Crippen LogP contribution in [0, 0.1) is 27.7 Å². The van der Waals surface area contributed by atoms with Crippen molar-refractivity contribution in [3.8, 4) is 0 Å². The second-order valence-electron chi connectivity index (χ2n) is 5.00. The van der Waals surface area contributed by atoms with Gasteiger partial charge < -0.3 is 5.32 Å². The highest BCUT2D eigenvalue weighted by Gasteiger charge is 2.09. The Labute approximate surface area is 128 Å². The third kappa shape index (κ3) is 4.19. The standard InChI is InChI=1S/C17H19NO.C2H6/c1-11-7-5-6-8-16(11)17(19)18-15-9-12(2)14(4)13(3)10-15;1-2/h5-10H,1-4H3,(H,18,19);1-2H3. The lowest BCUT2D eigenvalue weighted by Gasteiger charge is -2.11. The van der Waals surface area contributed by atoms with Gasteiger partial charge in [0.2, 0.25) is 0 Å². The Morgan fingerprint density at radius 1 is 0.857 bits per heavy atom. The van der Waals surface area contributed by atoms with Crippen molar-refractivity contribution in [3.63, 3.8) is 0 Å². The van der Waals surface area contributed by atoms with Crippen LogP contribution in [0.1, 0.15) is 46.5 Å². The predicted molar refractivity (Wildman–Crippen MR) is 91.1 cm³/mol. The number of hydrogen-bond donors (Lipinski definition) is 1. The first-order valence-corrected chi connectivity index (χ1v) is 7.44. The van der Waals surface area contributed by atoms with Gasteiger partial charge in [0.05, 0.1) is 0 Å². The molecule has 2 nitrogen and oxygen atoms in total. The lowest BCUT2D eigenvalue weighted by molar-refractivity contribution is 0.102. The zero-order valence-corrected chi connectivity index (χ0v) is 13.9. The fourth-order valence-corrected chi connectivity index (χ4v) is 2.13. The van der Waals surface area contributed by atoms with Crippen molar-refractivity contribution in [2.75, 3.05) is 5.32 Å². The molecule has 0 unspecified atom stereocenters. The van der Waals surface area contributed by atoms with Crippen molar-refractivity contribution < 1.29 is 4.79 Å². The van der Waals surface area contributed by atoms with Crippen molar-refractivity contribution in [2.45, 2.75) is 41.5 Å². The monoisotopic (exact) mass is 283 g/mol. The molecule has 0 aromatic heterocycles. The van der Waals surface area contributed by atoms with Crippen LogP contribution >= 0.6 is 0 Å². The first kappa shape index (κ1) is 17.0. The number of amides is 1. The highest BCUT2D eigenvalue weighted by atomic mass is 16.1. The first-order valence-electron chi connectivity index (χ1n) is 7.44. The first-order chi connectivity index (χ1) is 9.99. The van der Waals surface area contributed by atoms with E-state index in [9.17, 15) is 4.79 Å². The largest absolute Gasteiger partial charge is 0.322 e. The summed E-state index contributed by atoms with van der Waals surface area (Å²) in [6.45, 7) is 12.2. The van der Waals surface area contributed by atoms with Gasteiger partial charge in [0.15, 0.2) is 0 Å². The maximum absolute atomic E-state index is 12.2. The number of hydrogen-bond acceptors (Lipinski definition) is 1. The molecule has 0 saturated heterocycles. The molecule has 112 valence electrons. The molecule has 0 fully saturated rings. The molecule has 0 atom stereocenters. The zero-order valence-electron chi connectivity index (χ0n) is 13.9. The van der Waals surface area contributed by atoms with Gasteiger partial charge in [-0.05, 0) is 68.1 Å². The maximum atomic E-state index is 12.2. The van der Waals surface area contributed by atoms with E-state index in [-0.39, 0.29) is 5.91 Å². The van der Waals surface area contributed by atoms with Gasteiger partial charge in [-0.25, -0.2) is 0 Å². The van der Waals surface area contributed by atoms with Gasteiger partial charge in [0.25, 0.3) is 5.91 Å². The Morgan fingerprint density at radius 3 is 1.90 bits per heavy atom. The van der Waals surface area contributed by atoms with Crippen molar-refractivity contribution in [2.24, 2.45) is 0 Å². The summed E-state index contributed by atoms with van der Waals surface area (Å²) in [6, 6.07) is 11.6. The molecule has 21 heavy (non-hydrogen) atoms. The van der Waals surface area contributed by atoms with Crippen LogP contribution in [-0.2, 0) is 0 Å². The zero-order chi connectivity index (χ0) is 16.0. The molecule has 0 bridgehead atoms. The number of rotatable bonds is 2. The molecule has 0 heterocycles. The highest BCUT2D eigenvalue weighted by Crippen LogP contribution is 2.20. The van der Waals surface area contributed by atoms with Gasteiger partial charge in [-0.1, -0.05) is 32.0 Å². The van der Waals surface area contributed by atoms with E-state index in [0.29, 0.717) is 0 Å². The van der Waals surface area contributed by atoms with Crippen molar-refractivity contribution in [1.29, 1.82) is 0 Å². The van der Waals surface area contributed by atoms with Crippen LogP contribution in [0.2, 0.25) is 0 Å². The SMILES string of the molecule is CC.Cc1ccccc1C(=O)Nc1cc(C)c(C)c(C)c1. The maximum Gasteiger partial charge on any atom is 0.255 e. The second kappa shape index (κ2) is 7.63. The average Bonchev–Trinajstić information content (AvgIpc) is 2.47. The van der Waals surface area contributed by atoms with Gasteiger partial charge in [-0.3, -0.25) is 4.79 Å². The number of nitrogens with one attached hydrogen (secondary N) is 1. The molecule has 1 N–H and O–H groups in total. The number of carbonyl (C=O) groups excluding carboxylic acids is 1. The Kier molecular flexibility index (Phi) is 6.16. The summed E-state index contributed by atoms with van der Waals surface area (Å²) in [5.41, 5.74) is 6.22. The fraction of sp³-hybridized carbons (Fsp3) is 0.316. The average molecular weight is 283 g/mol. The molecule has 2 aromatic rings. The number of aryl methyl sites for hydroxylation is 3. The number of carbonyl (C=O) groups is 1. The van der Waals surface area contributed by atoms with Crippen molar-refractivity contribution in [3.05, 3.63) is 64.2 Å². The summed E-state index contributed by atoms with van der Waals surface area (Å²) in [4.78, 5) is 12.2. The predicted octanol–water partition coefficient (Wildman–Crippen LogP) is 5.20.